The molecule has 0 aliphatic rings. The smallest absolute Gasteiger partial charge is 0.126 e. The predicted octanol–water partition coefficient (Wildman–Crippen LogP) is 2.60. The molecule has 68 valence electrons. The van der Waals surface area contributed by atoms with Gasteiger partial charge in [0.05, 0.1) is 11.7 Å². The van der Waals surface area contributed by atoms with Gasteiger partial charge in [0.25, 0.3) is 0 Å². The van der Waals surface area contributed by atoms with Gasteiger partial charge in [-0.3, -0.25) is 0 Å². The fourth-order valence-electron chi connectivity index (χ4n) is 1.42. The molecule has 2 nitrogen and oxygen atoms in total. The second kappa shape index (κ2) is 2.83. The molecular formula is C10H11FN2. The van der Waals surface area contributed by atoms with Crippen LogP contribution < -0.4 is 0 Å². The molecule has 0 atom stereocenters. The van der Waals surface area contributed by atoms with Gasteiger partial charge in [0.2, 0.25) is 0 Å². The Morgan fingerprint density at radius 2 is 2.23 bits per heavy atom. The lowest BCUT2D eigenvalue weighted by Gasteiger charge is -2.01. The van der Waals surface area contributed by atoms with E-state index in [9.17, 15) is 4.39 Å². The molecular weight excluding hydrogens is 167 g/mol. The minimum absolute atomic E-state index is 0.213. The molecule has 0 fully saturated rings. The van der Waals surface area contributed by atoms with E-state index in [0.29, 0.717) is 5.92 Å². The third kappa shape index (κ3) is 1.30. The molecule has 3 heteroatoms. The van der Waals surface area contributed by atoms with Crippen molar-refractivity contribution in [2.45, 2.75) is 19.8 Å². The summed E-state index contributed by atoms with van der Waals surface area (Å²) in [5.74, 6) is 0.161. The Labute approximate surface area is 76.0 Å². The maximum atomic E-state index is 12.9. The Balaban J connectivity index is 2.71. The van der Waals surface area contributed by atoms with E-state index in [4.69, 9.17) is 0 Å². The van der Waals surface area contributed by atoms with Crippen LogP contribution in [0.15, 0.2) is 24.5 Å². The largest absolute Gasteiger partial charge is 0.240 e. The van der Waals surface area contributed by atoms with Gasteiger partial charge in [0.1, 0.15) is 5.82 Å². The summed E-state index contributed by atoms with van der Waals surface area (Å²) in [7, 11) is 0. The summed E-state index contributed by atoms with van der Waals surface area (Å²) in [6.45, 7) is 4.14. The highest BCUT2D eigenvalue weighted by Crippen LogP contribution is 2.20. The van der Waals surface area contributed by atoms with E-state index in [-0.39, 0.29) is 5.82 Å². The molecule has 2 aromatic heterocycles. The maximum absolute atomic E-state index is 12.9. The Morgan fingerprint density at radius 1 is 1.46 bits per heavy atom. The van der Waals surface area contributed by atoms with Crippen LogP contribution >= 0.6 is 0 Å². The van der Waals surface area contributed by atoms with Crippen LogP contribution in [0.5, 0.6) is 0 Å². The van der Waals surface area contributed by atoms with E-state index in [1.807, 2.05) is 0 Å². The first-order valence-corrected chi connectivity index (χ1v) is 4.31. The zero-order valence-electron chi connectivity index (χ0n) is 7.66. The van der Waals surface area contributed by atoms with Gasteiger partial charge in [-0.25, -0.2) is 8.91 Å². The van der Waals surface area contributed by atoms with E-state index in [2.05, 4.69) is 18.9 Å². The number of fused-ring (bicyclic) bond motifs is 1. The first-order valence-electron chi connectivity index (χ1n) is 4.31. The fraction of sp³-hybridized carbons (Fsp3) is 0.300. The summed E-state index contributed by atoms with van der Waals surface area (Å²) in [4.78, 5) is 0. The van der Waals surface area contributed by atoms with E-state index >= 15 is 0 Å². The first-order chi connectivity index (χ1) is 6.18. The summed E-state index contributed by atoms with van der Waals surface area (Å²) >= 11 is 0. The number of halogens is 1. The molecule has 0 saturated carbocycles. The third-order valence-electron chi connectivity index (χ3n) is 2.14. The third-order valence-corrected chi connectivity index (χ3v) is 2.14. The van der Waals surface area contributed by atoms with E-state index in [1.165, 1.54) is 12.1 Å². The number of hydrogen-bond acceptors (Lipinski definition) is 1. The van der Waals surface area contributed by atoms with Gasteiger partial charge in [-0.1, -0.05) is 13.8 Å². The molecule has 0 aliphatic heterocycles. The second-order valence-electron chi connectivity index (χ2n) is 3.43. The van der Waals surface area contributed by atoms with Crippen molar-refractivity contribution >= 4 is 5.52 Å². The zero-order chi connectivity index (χ0) is 9.42. The van der Waals surface area contributed by atoms with Crippen molar-refractivity contribution in [3.63, 3.8) is 0 Å². The van der Waals surface area contributed by atoms with Crippen LogP contribution in [0.25, 0.3) is 5.52 Å². The zero-order valence-corrected chi connectivity index (χ0v) is 7.66. The Morgan fingerprint density at radius 3 is 2.92 bits per heavy atom. The summed E-state index contributed by atoms with van der Waals surface area (Å²) < 4.78 is 14.6. The van der Waals surface area contributed by atoms with Gasteiger partial charge in [-0.05, 0) is 18.1 Å². The number of pyridine rings is 1. The molecule has 0 bridgehead atoms. The quantitative estimate of drug-likeness (QED) is 0.656. The van der Waals surface area contributed by atoms with Gasteiger partial charge >= 0.3 is 0 Å². The molecule has 2 heterocycles. The molecule has 2 rings (SSSR count). The SMILES string of the molecule is CC(C)c1cnn2ccc(F)cc12. The van der Waals surface area contributed by atoms with Crippen molar-refractivity contribution in [3.05, 3.63) is 35.9 Å². The minimum atomic E-state index is -0.213. The number of nitrogens with zero attached hydrogens (tertiary/aromatic N) is 2. The fourth-order valence-corrected chi connectivity index (χ4v) is 1.42. The molecule has 0 N–H and O–H groups in total. The van der Waals surface area contributed by atoms with Gasteiger partial charge in [-0.2, -0.15) is 5.10 Å². The van der Waals surface area contributed by atoms with Crippen molar-refractivity contribution in [2.75, 3.05) is 0 Å². The van der Waals surface area contributed by atoms with Gasteiger partial charge in [-0.15, -0.1) is 0 Å². The summed E-state index contributed by atoms with van der Waals surface area (Å²) in [6.07, 6.45) is 3.43. The van der Waals surface area contributed by atoms with Gasteiger partial charge in [0, 0.05) is 11.8 Å². The average molecular weight is 178 g/mol. The number of hydrogen-bond donors (Lipinski definition) is 0. The van der Waals surface area contributed by atoms with E-state index in [0.717, 1.165) is 11.1 Å². The molecule has 0 saturated heterocycles. The van der Waals surface area contributed by atoms with Crippen LogP contribution in [0.1, 0.15) is 25.3 Å². The molecule has 0 radical (unpaired) electrons. The van der Waals surface area contributed by atoms with Gasteiger partial charge < -0.3 is 0 Å². The van der Waals surface area contributed by atoms with E-state index < -0.39 is 0 Å². The Hall–Kier alpha value is -1.38. The lowest BCUT2D eigenvalue weighted by Crippen LogP contribution is -1.89. The molecule has 0 spiro atoms. The van der Waals surface area contributed by atoms with Crippen LogP contribution in [0.3, 0.4) is 0 Å². The standard InChI is InChI=1S/C10H11FN2/c1-7(2)9-6-12-13-4-3-8(11)5-10(9)13/h3-7H,1-2H3. The highest BCUT2D eigenvalue weighted by Gasteiger charge is 2.07. The lowest BCUT2D eigenvalue weighted by atomic mass is 10.1. The van der Waals surface area contributed by atoms with Crippen LogP contribution in [-0.4, -0.2) is 9.61 Å². The van der Waals surface area contributed by atoms with Gasteiger partial charge in [0.15, 0.2) is 0 Å². The van der Waals surface area contributed by atoms with Crippen molar-refractivity contribution in [3.8, 4) is 0 Å². The topological polar surface area (TPSA) is 17.3 Å². The monoisotopic (exact) mass is 178 g/mol. The number of aromatic nitrogens is 2. The van der Waals surface area contributed by atoms with Crippen molar-refractivity contribution < 1.29 is 4.39 Å². The first kappa shape index (κ1) is 8.23. The van der Waals surface area contributed by atoms with Crippen molar-refractivity contribution in [1.82, 2.24) is 9.61 Å². The molecule has 0 unspecified atom stereocenters. The average Bonchev–Trinajstić information content (AvgIpc) is 2.46. The second-order valence-corrected chi connectivity index (χ2v) is 3.43. The normalized spacial score (nSPS) is 11.4. The predicted molar refractivity (Wildman–Crippen MR) is 49.2 cm³/mol. The molecule has 13 heavy (non-hydrogen) atoms. The summed E-state index contributed by atoms with van der Waals surface area (Å²) in [5.41, 5.74) is 1.94. The highest BCUT2D eigenvalue weighted by molar-refractivity contribution is 5.54. The molecule has 0 amide bonds. The molecule has 2 aromatic rings. The molecule has 0 aromatic carbocycles. The summed E-state index contributed by atoms with van der Waals surface area (Å²) in [6, 6.07) is 2.92. The van der Waals surface area contributed by atoms with Crippen LogP contribution in [0.2, 0.25) is 0 Å². The van der Waals surface area contributed by atoms with Crippen molar-refractivity contribution in [1.29, 1.82) is 0 Å². The molecule has 0 aliphatic carbocycles. The van der Waals surface area contributed by atoms with E-state index in [1.54, 1.807) is 16.9 Å². The summed E-state index contributed by atoms with van der Waals surface area (Å²) in [5, 5.41) is 4.13. The maximum Gasteiger partial charge on any atom is 0.126 e. The van der Waals surface area contributed by atoms with Crippen LogP contribution in [0, 0.1) is 5.82 Å². The Kier molecular flexibility index (Phi) is 1.79. The van der Waals surface area contributed by atoms with Crippen molar-refractivity contribution in [2.24, 2.45) is 0 Å². The van der Waals surface area contributed by atoms with Crippen LogP contribution in [-0.2, 0) is 0 Å². The number of rotatable bonds is 1. The van der Waals surface area contributed by atoms with Crippen LogP contribution in [0.4, 0.5) is 4.39 Å². The lowest BCUT2D eigenvalue weighted by molar-refractivity contribution is 0.625. The minimum Gasteiger partial charge on any atom is -0.240 e. The highest BCUT2D eigenvalue weighted by atomic mass is 19.1. The Bertz CT molecular complexity index is 431.